The molecule has 0 unspecified atom stereocenters. The van der Waals surface area contributed by atoms with E-state index in [-0.39, 0.29) is 0 Å². The van der Waals surface area contributed by atoms with Crippen LogP contribution in [0.4, 0.5) is 0 Å². The van der Waals surface area contributed by atoms with Crippen LogP contribution < -0.4 is 5.32 Å². The van der Waals surface area contributed by atoms with Gasteiger partial charge in [0, 0.05) is 24.7 Å². The van der Waals surface area contributed by atoms with E-state index < -0.39 is 0 Å². The number of rotatable bonds is 3. The highest BCUT2D eigenvalue weighted by Crippen LogP contribution is 2.26. The van der Waals surface area contributed by atoms with Gasteiger partial charge in [0.1, 0.15) is 0 Å². The minimum atomic E-state index is 0.360. The summed E-state index contributed by atoms with van der Waals surface area (Å²) in [6.45, 7) is 10.8. The van der Waals surface area contributed by atoms with Crippen LogP contribution in [0.25, 0.3) is 0 Å². The molecule has 1 N–H and O–H groups in total. The summed E-state index contributed by atoms with van der Waals surface area (Å²) in [5.41, 5.74) is 0.360. The Morgan fingerprint density at radius 2 is 1.69 bits per heavy atom. The first-order valence-electron chi connectivity index (χ1n) is 7.04. The molecule has 0 atom stereocenters. The normalized spacial score (nSPS) is 25.7. The molecule has 1 aliphatic carbocycles. The van der Waals surface area contributed by atoms with E-state index in [9.17, 15) is 0 Å². The molecule has 0 aromatic heterocycles. The largest absolute Gasteiger partial charge is 0.314 e. The average molecular weight is 224 g/mol. The standard InChI is InChI=1S/C14H28N2/c1-14(2,3)16-9-7-13(8-10-16)15-11-12-5-4-6-12/h12-13,15H,4-11H2,1-3H3. The van der Waals surface area contributed by atoms with Crippen LogP contribution in [0.2, 0.25) is 0 Å². The van der Waals surface area contributed by atoms with Crippen LogP contribution in [0.5, 0.6) is 0 Å². The molecule has 0 radical (unpaired) electrons. The van der Waals surface area contributed by atoms with E-state index in [0.29, 0.717) is 5.54 Å². The molecule has 1 aliphatic heterocycles. The maximum absolute atomic E-state index is 3.77. The van der Waals surface area contributed by atoms with Crippen LogP contribution in [-0.4, -0.2) is 36.1 Å². The van der Waals surface area contributed by atoms with Crippen LogP contribution in [0.3, 0.4) is 0 Å². The predicted molar refractivity (Wildman–Crippen MR) is 69.7 cm³/mol. The Morgan fingerprint density at radius 1 is 1.06 bits per heavy atom. The maximum atomic E-state index is 3.77. The molecule has 1 heterocycles. The lowest BCUT2D eigenvalue weighted by Gasteiger charge is -2.41. The number of hydrogen-bond donors (Lipinski definition) is 1. The lowest BCUT2D eigenvalue weighted by Crippen LogP contribution is -2.50. The quantitative estimate of drug-likeness (QED) is 0.793. The first-order valence-corrected chi connectivity index (χ1v) is 7.04. The molecular weight excluding hydrogens is 196 g/mol. The zero-order valence-electron chi connectivity index (χ0n) is 11.3. The van der Waals surface area contributed by atoms with Gasteiger partial charge in [0.05, 0.1) is 0 Å². The Hall–Kier alpha value is -0.0800. The fraction of sp³-hybridized carbons (Fsp3) is 1.00. The van der Waals surface area contributed by atoms with Gasteiger partial charge >= 0.3 is 0 Å². The Kier molecular flexibility index (Phi) is 3.91. The summed E-state index contributed by atoms with van der Waals surface area (Å²) in [5.74, 6) is 1.00. The molecule has 0 aromatic carbocycles. The van der Waals surface area contributed by atoms with E-state index in [1.165, 1.54) is 51.7 Å². The molecule has 1 saturated carbocycles. The molecule has 0 spiro atoms. The molecule has 2 aliphatic rings. The smallest absolute Gasteiger partial charge is 0.0125 e. The van der Waals surface area contributed by atoms with E-state index >= 15 is 0 Å². The fourth-order valence-corrected chi connectivity index (χ4v) is 2.78. The Balaban J connectivity index is 1.64. The topological polar surface area (TPSA) is 15.3 Å². The first-order chi connectivity index (χ1) is 7.55. The Bertz CT molecular complexity index is 207. The van der Waals surface area contributed by atoms with Crippen molar-refractivity contribution < 1.29 is 0 Å². The molecule has 0 amide bonds. The van der Waals surface area contributed by atoms with Gasteiger partial charge < -0.3 is 5.32 Å². The molecule has 94 valence electrons. The number of piperidine rings is 1. The highest BCUT2D eigenvalue weighted by Gasteiger charge is 2.27. The van der Waals surface area contributed by atoms with Gasteiger partial charge in [0.2, 0.25) is 0 Å². The monoisotopic (exact) mass is 224 g/mol. The Morgan fingerprint density at radius 3 is 2.12 bits per heavy atom. The van der Waals surface area contributed by atoms with Crippen LogP contribution in [0.1, 0.15) is 52.9 Å². The average Bonchev–Trinajstić information content (AvgIpc) is 2.15. The highest BCUT2D eigenvalue weighted by molar-refractivity contribution is 4.85. The van der Waals surface area contributed by atoms with Gasteiger partial charge in [-0.3, -0.25) is 4.90 Å². The third-order valence-electron chi connectivity index (χ3n) is 4.36. The van der Waals surface area contributed by atoms with Crippen LogP contribution in [-0.2, 0) is 0 Å². The third kappa shape index (κ3) is 3.21. The van der Waals surface area contributed by atoms with Gasteiger partial charge in [0.25, 0.3) is 0 Å². The first kappa shape index (κ1) is 12.4. The zero-order chi connectivity index (χ0) is 11.6. The van der Waals surface area contributed by atoms with E-state index in [1.807, 2.05) is 0 Å². The fourth-order valence-electron chi connectivity index (χ4n) is 2.78. The van der Waals surface area contributed by atoms with Crippen molar-refractivity contribution in [3.8, 4) is 0 Å². The second-order valence-electron chi connectivity index (χ2n) is 6.64. The van der Waals surface area contributed by atoms with E-state index in [0.717, 1.165) is 12.0 Å². The van der Waals surface area contributed by atoms with Gasteiger partial charge in [-0.15, -0.1) is 0 Å². The van der Waals surface area contributed by atoms with Crippen molar-refractivity contribution in [3.05, 3.63) is 0 Å². The molecule has 0 aromatic rings. The molecule has 2 heteroatoms. The van der Waals surface area contributed by atoms with Crippen molar-refractivity contribution in [3.63, 3.8) is 0 Å². The summed E-state index contributed by atoms with van der Waals surface area (Å²) in [6.07, 6.45) is 7.07. The lowest BCUT2D eigenvalue weighted by atomic mass is 9.85. The van der Waals surface area contributed by atoms with Gasteiger partial charge in [-0.25, -0.2) is 0 Å². The minimum Gasteiger partial charge on any atom is -0.314 e. The summed E-state index contributed by atoms with van der Waals surface area (Å²) in [5, 5.41) is 3.77. The molecule has 1 saturated heterocycles. The van der Waals surface area contributed by atoms with Gasteiger partial charge in [-0.05, 0) is 58.9 Å². The van der Waals surface area contributed by atoms with Crippen molar-refractivity contribution >= 4 is 0 Å². The second-order valence-corrected chi connectivity index (χ2v) is 6.64. The summed E-state index contributed by atoms with van der Waals surface area (Å²) >= 11 is 0. The van der Waals surface area contributed by atoms with Crippen molar-refractivity contribution in [2.24, 2.45) is 5.92 Å². The van der Waals surface area contributed by atoms with Crippen molar-refractivity contribution in [2.45, 2.75) is 64.5 Å². The molecule has 2 fully saturated rings. The van der Waals surface area contributed by atoms with Crippen LogP contribution >= 0.6 is 0 Å². The predicted octanol–water partition coefficient (Wildman–Crippen LogP) is 2.64. The lowest BCUT2D eigenvalue weighted by molar-refractivity contribution is 0.0941. The van der Waals surface area contributed by atoms with E-state index in [1.54, 1.807) is 0 Å². The van der Waals surface area contributed by atoms with Crippen molar-refractivity contribution in [1.82, 2.24) is 10.2 Å². The van der Waals surface area contributed by atoms with Crippen molar-refractivity contribution in [1.29, 1.82) is 0 Å². The SMILES string of the molecule is CC(C)(C)N1CCC(NCC2CCC2)CC1. The van der Waals surface area contributed by atoms with Gasteiger partial charge in [-0.2, -0.15) is 0 Å². The maximum Gasteiger partial charge on any atom is 0.0125 e. The molecule has 0 bridgehead atoms. The minimum absolute atomic E-state index is 0.360. The second kappa shape index (κ2) is 5.05. The van der Waals surface area contributed by atoms with E-state index in [4.69, 9.17) is 0 Å². The highest BCUT2D eigenvalue weighted by atomic mass is 15.2. The number of nitrogens with zero attached hydrogens (tertiary/aromatic N) is 1. The summed E-state index contributed by atoms with van der Waals surface area (Å²) < 4.78 is 0. The van der Waals surface area contributed by atoms with Gasteiger partial charge in [0.15, 0.2) is 0 Å². The summed E-state index contributed by atoms with van der Waals surface area (Å²) in [4.78, 5) is 2.62. The third-order valence-corrected chi connectivity index (χ3v) is 4.36. The zero-order valence-corrected chi connectivity index (χ0v) is 11.3. The van der Waals surface area contributed by atoms with Gasteiger partial charge in [-0.1, -0.05) is 6.42 Å². The number of likely N-dealkylation sites (tertiary alicyclic amines) is 1. The number of hydrogen-bond acceptors (Lipinski definition) is 2. The van der Waals surface area contributed by atoms with Crippen molar-refractivity contribution in [2.75, 3.05) is 19.6 Å². The van der Waals surface area contributed by atoms with E-state index in [2.05, 4.69) is 31.0 Å². The molecule has 16 heavy (non-hydrogen) atoms. The summed E-state index contributed by atoms with van der Waals surface area (Å²) in [7, 11) is 0. The summed E-state index contributed by atoms with van der Waals surface area (Å²) in [6, 6.07) is 0.791. The molecule has 2 rings (SSSR count). The number of nitrogens with one attached hydrogen (secondary N) is 1. The molecular formula is C14H28N2. The Labute approximate surface area is 101 Å². The van der Waals surface area contributed by atoms with Crippen LogP contribution in [0.15, 0.2) is 0 Å². The van der Waals surface area contributed by atoms with Crippen LogP contribution in [0, 0.1) is 5.92 Å². The molecule has 2 nitrogen and oxygen atoms in total.